The summed E-state index contributed by atoms with van der Waals surface area (Å²) in [6.07, 6.45) is 1.66. The number of carbonyl (C=O) groups is 1. The average molecular weight is 346 g/mol. The number of benzene rings is 1. The number of rotatable bonds is 5. The van der Waals surface area contributed by atoms with Gasteiger partial charge in [-0.3, -0.25) is 4.79 Å². The third kappa shape index (κ3) is 4.53. The Kier molecular flexibility index (Phi) is 5.39. The highest BCUT2D eigenvalue weighted by molar-refractivity contribution is 7.13. The van der Waals surface area contributed by atoms with Crippen LogP contribution >= 0.6 is 11.3 Å². The van der Waals surface area contributed by atoms with Crippen LogP contribution in [0.1, 0.15) is 11.3 Å². The van der Waals surface area contributed by atoms with E-state index in [4.69, 9.17) is 4.74 Å². The van der Waals surface area contributed by atoms with Gasteiger partial charge in [-0.1, -0.05) is 12.1 Å². The topological polar surface area (TPSA) is 87.1 Å². The Labute approximate surface area is 143 Å². The van der Waals surface area contributed by atoms with Gasteiger partial charge in [-0.15, -0.1) is 11.3 Å². The Morgan fingerprint density at radius 2 is 2.29 bits per heavy atom. The lowest BCUT2D eigenvalue weighted by molar-refractivity contribution is -0.120. The zero-order chi connectivity index (χ0) is 16.8. The van der Waals surface area contributed by atoms with Gasteiger partial charge >= 0.3 is 0 Å². The minimum atomic E-state index is -0.231. The molecular formula is C16H18N4O3S. The summed E-state index contributed by atoms with van der Waals surface area (Å²) in [5, 5.41) is 16.1. The van der Waals surface area contributed by atoms with E-state index in [1.54, 1.807) is 24.3 Å². The molecule has 0 radical (unpaired) electrons. The molecule has 1 saturated heterocycles. The van der Waals surface area contributed by atoms with Gasteiger partial charge < -0.3 is 14.7 Å². The summed E-state index contributed by atoms with van der Waals surface area (Å²) in [6.45, 7) is 3.07. The number of amides is 1. The molecule has 1 aromatic heterocycles. The molecule has 0 spiro atoms. The van der Waals surface area contributed by atoms with Crippen LogP contribution < -0.4 is 10.3 Å². The van der Waals surface area contributed by atoms with Crippen LogP contribution in [0.25, 0.3) is 0 Å². The highest BCUT2D eigenvalue weighted by Gasteiger charge is 2.15. The van der Waals surface area contributed by atoms with E-state index in [0.29, 0.717) is 18.8 Å². The largest absolute Gasteiger partial charge is 0.508 e. The number of hydrazone groups is 1. The molecule has 0 aliphatic carbocycles. The molecule has 8 heteroatoms. The van der Waals surface area contributed by atoms with E-state index in [1.807, 2.05) is 5.38 Å². The van der Waals surface area contributed by atoms with E-state index >= 15 is 0 Å². The van der Waals surface area contributed by atoms with Crippen LogP contribution in [-0.4, -0.2) is 48.5 Å². The number of aromatic hydroxyl groups is 1. The number of morpholine rings is 1. The Hall–Kier alpha value is -2.45. The van der Waals surface area contributed by atoms with Crippen molar-refractivity contribution in [3.8, 4) is 5.75 Å². The number of hydrogen-bond acceptors (Lipinski definition) is 7. The van der Waals surface area contributed by atoms with Gasteiger partial charge in [-0.05, 0) is 17.7 Å². The number of nitrogens with zero attached hydrogens (tertiary/aromatic N) is 3. The molecule has 2 heterocycles. The van der Waals surface area contributed by atoms with Crippen molar-refractivity contribution in [2.45, 2.75) is 6.42 Å². The molecule has 2 aromatic rings. The fraction of sp³-hybridized carbons (Fsp3) is 0.312. The second-order valence-corrected chi connectivity index (χ2v) is 6.12. The van der Waals surface area contributed by atoms with Crippen molar-refractivity contribution in [1.82, 2.24) is 10.4 Å². The molecule has 0 atom stereocenters. The first-order valence-electron chi connectivity index (χ1n) is 7.59. The summed E-state index contributed by atoms with van der Waals surface area (Å²) < 4.78 is 5.32. The maximum absolute atomic E-state index is 11.9. The number of aromatic nitrogens is 1. The van der Waals surface area contributed by atoms with E-state index < -0.39 is 0 Å². The monoisotopic (exact) mass is 346 g/mol. The van der Waals surface area contributed by atoms with Gasteiger partial charge in [0.25, 0.3) is 0 Å². The van der Waals surface area contributed by atoms with Gasteiger partial charge in [0.2, 0.25) is 5.91 Å². The van der Waals surface area contributed by atoms with Crippen molar-refractivity contribution in [1.29, 1.82) is 0 Å². The fourth-order valence-corrected chi connectivity index (χ4v) is 3.14. The van der Waals surface area contributed by atoms with Crippen LogP contribution in [0.15, 0.2) is 34.7 Å². The molecule has 126 valence electrons. The molecule has 7 nitrogen and oxygen atoms in total. The summed E-state index contributed by atoms with van der Waals surface area (Å²) in [6, 6.07) is 6.63. The Balaban J connectivity index is 1.50. The average Bonchev–Trinajstić information content (AvgIpc) is 3.04. The molecule has 1 aliphatic heterocycles. The van der Waals surface area contributed by atoms with Gasteiger partial charge in [0.05, 0.1) is 31.5 Å². The van der Waals surface area contributed by atoms with Gasteiger partial charge in [-0.2, -0.15) is 5.10 Å². The zero-order valence-corrected chi connectivity index (χ0v) is 13.8. The predicted octanol–water partition coefficient (Wildman–Crippen LogP) is 1.38. The van der Waals surface area contributed by atoms with Crippen LogP contribution in [0.2, 0.25) is 0 Å². The number of phenolic OH excluding ortho intramolecular Hbond substituents is 1. The third-order valence-corrected chi connectivity index (χ3v) is 4.39. The zero-order valence-electron chi connectivity index (χ0n) is 13.0. The second-order valence-electron chi connectivity index (χ2n) is 5.29. The van der Waals surface area contributed by atoms with Gasteiger partial charge in [0, 0.05) is 18.5 Å². The Morgan fingerprint density at radius 1 is 1.46 bits per heavy atom. The summed E-state index contributed by atoms with van der Waals surface area (Å²) in [5.74, 6) is -0.0753. The highest BCUT2D eigenvalue weighted by Crippen LogP contribution is 2.21. The molecule has 0 unspecified atom stereocenters. The first-order valence-corrected chi connectivity index (χ1v) is 8.47. The van der Waals surface area contributed by atoms with Crippen LogP contribution in [0.3, 0.4) is 0 Å². The van der Waals surface area contributed by atoms with E-state index in [2.05, 4.69) is 20.4 Å². The lowest BCUT2D eigenvalue weighted by Gasteiger charge is -2.26. The third-order valence-electron chi connectivity index (χ3n) is 3.44. The fourth-order valence-electron chi connectivity index (χ4n) is 2.27. The molecule has 1 aromatic carbocycles. The van der Waals surface area contributed by atoms with Crippen LogP contribution in [0, 0.1) is 0 Å². The minimum absolute atomic E-state index is 0.156. The van der Waals surface area contributed by atoms with Crippen molar-refractivity contribution < 1.29 is 14.6 Å². The maximum atomic E-state index is 11.9. The van der Waals surface area contributed by atoms with Gasteiger partial charge in [0.1, 0.15) is 5.75 Å². The van der Waals surface area contributed by atoms with Crippen molar-refractivity contribution in [2.24, 2.45) is 5.10 Å². The van der Waals surface area contributed by atoms with Crippen molar-refractivity contribution in [3.05, 3.63) is 40.9 Å². The molecule has 1 amide bonds. The predicted molar refractivity (Wildman–Crippen MR) is 92.7 cm³/mol. The standard InChI is InChI=1S/C16H18N4O3S/c21-14-3-1-2-12(8-14)10-17-19-15(22)9-13-11-24-16(18-13)20-4-6-23-7-5-20/h1-3,8,10-11,21H,4-7,9H2,(H,19,22)/b17-10-. The molecule has 0 bridgehead atoms. The molecule has 1 aliphatic rings. The van der Waals surface area contributed by atoms with Gasteiger partial charge in [-0.25, -0.2) is 10.4 Å². The van der Waals surface area contributed by atoms with E-state index in [-0.39, 0.29) is 18.1 Å². The number of thiazole rings is 1. The highest BCUT2D eigenvalue weighted by atomic mass is 32.1. The minimum Gasteiger partial charge on any atom is -0.508 e. The summed E-state index contributed by atoms with van der Waals surface area (Å²) in [5.41, 5.74) is 3.90. The Morgan fingerprint density at radius 3 is 3.08 bits per heavy atom. The molecule has 24 heavy (non-hydrogen) atoms. The number of hydrogen-bond donors (Lipinski definition) is 2. The maximum Gasteiger partial charge on any atom is 0.246 e. The van der Waals surface area contributed by atoms with E-state index in [9.17, 15) is 9.90 Å². The molecule has 3 rings (SSSR count). The summed E-state index contributed by atoms with van der Waals surface area (Å²) in [4.78, 5) is 18.6. The van der Waals surface area contributed by atoms with E-state index in [1.165, 1.54) is 17.6 Å². The SMILES string of the molecule is O=C(Cc1csc(N2CCOCC2)n1)N/N=C\c1cccc(O)c1. The van der Waals surface area contributed by atoms with Crippen molar-refractivity contribution >= 4 is 28.6 Å². The van der Waals surface area contributed by atoms with Crippen LogP contribution in [-0.2, 0) is 16.0 Å². The molecule has 2 N–H and O–H groups in total. The number of nitrogens with one attached hydrogen (secondary N) is 1. The molecule has 0 saturated carbocycles. The van der Waals surface area contributed by atoms with Gasteiger partial charge in [0.15, 0.2) is 5.13 Å². The van der Waals surface area contributed by atoms with Crippen molar-refractivity contribution in [2.75, 3.05) is 31.2 Å². The summed E-state index contributed by atoms with van der Waals surface area (Å²) >= 11 is 1.53. The molecule has 1 fully saturated rings. The normalized spacial score (nSPS) is 14.9. The summed E-state index contributed by atoms with van der Waals surface area (Å²) in [7, 11) is 0. The quantitative estimate of drug-likeness (QED) is 0.631. The lowest BCUT2D eigenvalue weighted by Crippen LogP contribution is -2.36. The first kappa shape index (κ1) is 16.4. The second kappa shape index (κ2) is 7.89. The first-order chi connectivity index (χ1) is 11.7. The number of anilines is 1. The molecular weight excluding hydrogens is 328 g/mol. The lowest BCUT2D eigenvalue weighted by atomic mass is 10.2. The van der Waals surface area contributed by atoms with Crippen molar-refractivity contribution in [3.63, 3.8) is 0 Å². The Bertz CT molecular complexity index is 726. The number of carbonyl (C=O) groups excluding carboxylic acids is 1. The number of ether oxygens (including phenoxy) is 1. The number of phenols is 1. The van der Waals surface area contributed by atoms with E-state index in [0.717, 1.165) is 23.9 Å². The van der Waals surface area contributed by atoms with Crippen LogP contribution in [0.5, 0.6) is 5.75 Å². The smallest absolute Gasteiger partial charge is 0.246 e. The van der Waals surface area contributed by atoms with Crippen LogP contribution in [0.4, 0.5) is 5.13 Å².